The molecule has 2 heterocycles. The lowest BCUT2D eigenvalue weighted by atomic mass is 9.79. The van der Waals surface area contributed by atoms with Gasteiger partial charge in [0.1, 0.15) is 11.9 Å². The van der Waals surface area contributed by atoms with Crippen LogP contribution in [0.15, 0.2) is 24.3 Å². The average molecular weight is 437 g/mol. The summed E-state index contributed by atoms with van der Waals surface area (Å²) in [7, 11) is -3.72. The molecule has 0 aromatic heterocycles. The van der Waals surface area contributed by atoms with Gasteiger partial charge in [0, 0.05) is 19.7 Å². The smallest absolute Gasteiger partial charge is 0.310 e. The Bertz CT molecular complexity index is 887. The molecule has 0 amide bonds. The first kappa shape index (κ1) is 22.5. The van der Waals surface area contributed by atoms with Crippen LogP contribution in [0.2, 0.25) is 0 Å². The lowest BCUT2D eigenvalue weighted by Crippen LogP contribution is -2.50. The Hall–Kier alpha value is -2.15. The molecular formula is C21H28N2O6S. The van der Waals surface area contributed by atoms with Crippen LogP contribution in [0.3, 0.4) is 0 Å². The number of piperidine rings is 1. The lowest BCUT2D eigenvalue weighted by molar-refractivity contribution is -0.156. The Morgan fingerprint density at radius 2 is 2.00 bits per heavy atom. The normalized spacial score (nSPS) is 26.1. The molecule has 1 aromatic carbocycles. The first-order chi connectivity index (χ1) is 14.3. The minimum Gasteiger partial charge on any atom is -0.490 e. The molecule has 0 radical (unpaired) electrons. The minimum atomic E-state index is -3.72. The van der Waals surface area contributed by atoms with Crippen LogP contribution >= 0.6 is 0 Å². The second kappa shape index (κ2) is 9.33. The van der Waals surface area contributed by atoms with Gasteiger partial charge in [-0.1, -0.05) is 6.92 Å². The maximum Gasteiger partial charge on any atom is 0.310 e. The standard InChI is InChI=1S/C21H28N2O6S/c1-2-17-13-21(20(24)25,9-12-28-17)15-30(26,27)23-10-7-19(8-11-23)29-18-5-3-16(14-22)4-6-18/h3-6,17,19H,2,7-13,15H2,1H3,(H,24,25). The Labute approximate surface area is 177 Å². The molecule has 30 heavy (non-hydrogen) atoms. The number of nitrogens with zero attached hydrogens (tertiary/aromatic N) is 2. The summed E-state index contributed by atoms with van der Waals surface area (Å²) in [5, 5.41) is 18.7. The molecular weight excluding hydrogens is 408 g/mol. The van der Waals surface area contributed by atoms with Gasteiger partial charge in [0.15, 0.2) is 0 Å². The van der Waals surface area contributed by atoms with E-state index in [1.165, 1.54) is 4.31 Å². The molecule has 3 rings (SSSR count). The fraction of sp³-hybridized carbons (Fsp3) is 0.619. The molecule has 0 saturated carbocycles. The largest absolute Gasteiger partial charge is 0.490 e. The molecule has 8 nitrogen and oxygen atoms in total. The Balaban J connectivity index is 1.60. The van der Waals surface area contributed by atoms with Crippen LogP contribution in [0.25, 0.3) is 0 Å². The SMILES string of the molecule is CCC1CC(CS(=O)(=O)N2CCC(Oc3ccc(C#N)cc3)CC2)(C(=O)O)CCO1. The second-order valence-corrected chi connectivity index (χ2v) is 10.0. The minimum absolute atomic E-state index is 0.120. The van der Waals surface area contributed by atoms with Crippen molar-refractivity contribution in [3.8, 4) is 11.8 Å². The highest BCUT2D eigenvalue weighted by Crippen LogP contribution is 2.37. The van der Waals surface area contributed by atoms with E-state index in [0.29, 0.717) is 43.7 Å². The van der Waals surface area contributed by atoms with Crippen molar-refractivity contribution in [2.24, 2.45) is 5.41 Å². The summed E-state index contributed by atoms with van der Waals surface area (Å²) in [5.41, 5.74) is -0.748. The van der Waals surface area contributed by atoms with Crippen LogP contribution in [-0.2, 0) is 19.6 Å². The number of benzene rings is 1. The molecule has 0 spiro atoms. The molecule has 2 aliphatic rings. The summed E-state index contributed by atoms with van der Waals surface area (Å²) >= 11 is 0. The van der Waals surface area contributed by atoms with Gasteiger partial charge < -0.3 is 14.6 Å². The van der Waals surface area contributed by atoms with E-state index < -0.39 is 27.2 Å². The average Bonchev–Trinajstić information content (AvgIpc) is 2.74. The first-order valence-electron chi connectivity index (χ1n) is 10.3. The number of hydrogen-bond acceptors (Lipinski definition) is 6. The van der Waals surface area contributed by atoms with E-state index in [2.05, 4.69) is 6.07 Å². The van der Waals surface area contributed by atoms with E-state index in [0.717, 1.165) is 0 Å². The van der Waals surface area contributed by atoms with Gasteiger partial charge in [0.05, 0.1) is 28.9 Å². The summed E-state index contributed by atoms with van der Waals surface area (Å²) in [6.07, 6.45) is 1.79. The molecule has 1 N–H and O–H groups in total. The van der Waals surface area contributed by atoms with E-state index in [9.17, 15) is 18.3 Å². The van der Waals surface area contributed by atoms with Gasteiger partial charge in [0.2, 0.25) is 10.0 Å². The van der Waals surface area contributed by atoms with Gasteiger partial charge in [-0.2, -0.15) is 5.26 Å². The van der Waals surface area contributed by atoms with Crippen molar-refractivity contribution in [3.63, 3.8) is 0 Å². The van der Waals surface area contributed by atoms with E-state index in [4.69, 9.17) is 14.7 Å². The zero-order valence-corrected chi connectivity index (χ0v) is 17.9. The van der Waals surface area contributed by atoms with Gasteiger partial charge in [-0.15, -0.1) is 0 Å². The second-order valence-electron chi connectivity index (χ2n) is 8.05. The maximum absolute atomic E-state index is 13.0. The molecule has 0 bridgehead atoms. The molecule has 2 fully saturated rings. The fourth-order valence-electron chi connectivity index (χ4n) is 4.14. The number of carboxylic acid groups (broad SMARTS) is 1. The molecule has 164 valence electrons. The van der Waals surface area contributed by atoms with Gasteiger partial charge in [0.25, 0.3) is 0 Å². The van der Waals surface area contributed by atoms with Crippen LogP contribution in [0.4, 0.5) is 0 Å². The number of aliphatic carboxylic acids is 1. The third-order valence-corrected chi connectivity index (χ3v) is 8.07. The lowest BCUT2D eigenvalue weighted by Gasteiger charge is -2.39. The first-order valence-corrected chi connectivity index (χ1v) is 11.9. The van der Waals surface area contributed by atoms with Crippen molar-refractivity contribution in [2.75, 3.05) is 25.4 Å². The molecule has 2 saturated heterocycles. The van der Waals surface area contributed by atoms with Gasteiger partial charge >= 0.3 is 5.97 Å². The number of rotatable bonds is 7. The highest BCUT2D eigenvalue weighted by atomic mass is 32.2. The van der Waals surface area contributed by atoms with E-state index in [1.807, 2.05) is 6.92 Å². The molecule has 2 aliphatic heterocycles. The molecule has 2 unspecified atom stereocenters. The summed E-state index contributed by atoms with van der Waals surface area (Å²) in [6.45, 7) is 2.77. The highest BCUT2D eigenvalue weighted by Gasteiger charge is 2.48. The molecule has 1 aromatic rings. The number of ether oxygens (including phenoxy) is 2. The van der Waals surface area contributed by atoms with E-state index in [-0.39, 0.29) is 31.7 Å². The predicted octanol–water partition coefficient (Wildman–Crippen LogP) is 2.39. The van der Waals surface area contributed by atoms with Crippen molar-refractivity contribution in [3.05, 3.63) is 29.8 Å². The van der Waals surface area contributed by atoms with Crippen molar-refractivity contribution >= 4 is 16.0 Å². The van der Waals surface area contributed by atoms with Crippen molar-refractivity contribution in [1.82, 2.24) is 4.31 Å². The summed E-state index contributed by atoms with van der Waals surface area (Å²) in [6, 6.07) is 8.87. The van der Waals surface area contributed by atoms with Crippen LogP contribution in [0.1, 0.15) is 44.6 Å². The maximum atomic E-state index is 13.0. The van der Waals surface area contributed by atoms with Gasteiger partial charge in [-0.3, -0.25) is 4.79 Å². The predicted molar refractivity (Wildman–Crippen MR) is 110 cm³/mol. The number of carboxylic acids is 1. The highest BCUT2D eigenvalue weighted by molar-refractivity contribution is 7.89. The van der Waals surface area contributed by atoms with Crippen LogP contribution in [0.5, 0.6) is 5.75 Å². The molecule has 2 atom stereocenters. The number of hydrogen-bond donors (Lipinski definition) is 1. The quantitative estimate of drug-likeness (QED) is 0.697. The number of carbonyl (C=O) groups is 1. The van der Waals surface area contributed by atoms with Gasteiger partial charge in [-0.05, 0) is 56.4 Å². The van der Waals surface area contributed by atoms with Crippen molar-refractivity contribution < 1.29 is 27.8 Å². The zero-order chi connectivity index (χ0) is 21.8. The topological polar surface area (TPSA) is 117 Å². The van der Waals surface area contributed by atoms with Crippen molar-refractivity contribution in [1.29, 1.82) is 5.26 Å². The van der Waals surface area contributed by atoms with E-state index in [1.54, 1.807) is 24.3 Å². The van der Waals surface area contributed by atoms with Crippen LogP contribution < -0.4 is 4.74 Å². The summed E-state index contributed by atoms with van der Waals surface area (Å²) in [5.74, 6) is -0.809. The summed E-state index contributed by atoms with van der Waals surface area (Å²) in [4.78, 5) is 12.0. The molecule has 0 aliphatic carbocycles. The molecule has 9 heteroatoms. The number of sulfonamides is 1. The van der Waals surface area contributed by atoms with Crippen molar-refractivity contribution in [2.45, 2.75) is 51.2 Å². The fourth-order valence-corrected chi connectivity index (χ4v) is 6.17. The summed E-state index contributed by atoms with van der Waals surface area (Å²) < 4.78 is 39.0. The third-order valence-electron chi connectivity index (χ3n) is 6.00. The van der Waals surface area contributed by atoms with Crippen LogP contribution in [0, 0.1) is 16.7 Å². The van der Waals surface area contributed by atoms with Crippen LogP contribution in [-0.4, -0.2) is 61.5 Å². The van der Waals surface area contributed by atoms with E-state index >= 15 is 0 Å². The Morgan fingerprint density at radius 3 is 2.57 bits per heavy atom. The monoisotopic (exact) mass is 436 g/mol. The van der Waals surface area contributed by atoms with Gasteiger partial charge in [-0.25, -0.2) is 12.7 Å². The number of nitriles is 1. The Kier molecular flexibility index (Phi) is 7.01. The third kappa shape index (κ3) is 5.12. The zero-order valence-electron chi connectivity index (χ0n) is 17.1. The Morgan fingerprint density at radius 1 is 1.33 bits per heavy atom.